The molecule has 4 rings (SSSR count). The van der Waals surface area contributed by atoms with Crippen molar-refractivity contribution < 1.29 is 19.1 Å². The van der Waals surface area contributed by atoms with E-state index in [1.807, 2.05) is 51.1 Å². The highest BCUT2D eigenvalue weighted by molar-refractivity contribution is 5.93. The molecule has 2 aromatic carbocycles. The minimum atomic E-state index is -0.731. The molecule has 2 fully saturated rings. The van der Waals surface area contributed by atoms with Crippen LogP contribution in [0.3, 0.4) is 0 Å². The second-order valence-corrected chi connectivity index (χ2v) is 11.8. The van der Waals surface area contributed by atoms with E-state index in [1.54, 1.807) is 4.90 Å². The molecule has 8 nitrogen and oxygen atoms in total. The van der Waals surface area contributed by atoms with E-state index in [0.717, 1.165) is 61.7 Å². The maximum Gasteiger partial charge on any atom is 0.243 e. The highest BCUT2D eigenvalue weighted by Crippen LogP contribution is 2.26. The van der Waals surface area contributed by atoms with E-state index in [0.29, 0.717) is 32.0 Å². The van der Waals surface area contributed by atoms with E-state index in [1.165, 1.54) is 0 Å². The molecular formula is C31H45ClN4O4. The van der Waals surface area contributed by atoms with E-state index in [9.17, 15) is 14.4 Å². The Morgan fingerprint density at radius 3 is 2.52 bits per heavy atom. The molecule has 2 aliphatic rings. The summed E-state index contributed by atoms with van der Waals surface area (Å²) in [5.74, 6) is -0.502. The Hall–Kier alpha value is -2.68. The van der Waals surface area contributed by atoms with Crippen molar-refractivity contribution in [3.63, 3.8) is 0 Å². The third-order valence-electron chi connectivity index (χ3n) is 7.57. The minimum absolute atomic E-state index is 0. The molecule has 3 N–H and O–H groups in total. The van der Waals surface area contributed by atoms with Crippen LogP contribution < -0.4 is 16.0 Å². The molecule has 3 amide bonds. The van der Waals surface area contributed by atoms with Crippen LogP contribution in [0.5, 0.6) is 0 Å². The van der Waals surface area contributed by atoms with Crippen molar-refractivity contribution in [2.24, 2.45) is 5.41 Å². The number of amides is 3. The van der Waals surface area contributed by atoms with Gasteiger partial charge in [-0.2, -0.15) is 0 Å². The normalized spacial score (nSPS) is 19.7. The summed E-state index contributed by atoms with van der Waals surface area (Å²) in [6.45, 7) is 9.15. The molecule has 40 heavy (non-hydrogen) atoms. The predicted molar refractivity (Wildman–Crippen MR) is 160 cm³/mol. The Bertz CT molecular complexity index is 1150. The molecule has 0 bridgehead atoms. The number of nitrogens with one attached hydrogen (secondary N) is 3. The summed E-state index contributed by atoms with van der Waals surface area (Å²) in [7, 11) is 0. The fourth-order valence-corrected chi connectivity index (χ4v) is 5.41. The van der Waals surface area contributed by atoms with Crippen LogP contribution in [0.4, 0.5) is 0 Å². The maximum absolute atomic E-state index is 13.4. The van der Waals surface area contributed by atoms with Gasteiger partial charge < -0.3 is 25.6 Å². The summed E-state index contributed by atoms with van der Waals surface area (Å²) in [4.78, 5) is 41.4. The van der Waals surface area contributed by atoms with E-state index in [4.69, 9.17) is 4.74 Å². The number of rotatable bonds is 11. The molecule has 220 valence electrons. The Kier molecular flexibility index (Phi) is 11.8. The molecule has 9 heteroatoms. The first-order chi connectivity index (χ1) is 18.7. The number of ether oxygens (including phenoxy) is 1. The number of carbonyl (C=O) groups is 3. The van der Waals surface area contributed by atoms with E-state index >= 15 is 0 Å². The van der Waals surface area contributed by atoms with Crippen LogP contribution in [-0.4, -0.2) is 73.6 Å². The Morgan fingerprint density at radius 2 is 1.80 bits per heavy atom. The largest absolute Gasteiger partial charge is 0.377 e. The average Bonchev–Trinajstić information content (AvgIpc) is 3.61. The predicted octanol–water partition coefficient (Wildman–Crippen LogP) is 3.60. The highest BCUT2D eigenvalue weighted by atomic mass is 35.5. The van der Waals surface area contributed by atoms with Crippen LogP contribution in [0, 0.1) is 5.41 Å². The average molecular weight is 573 g/mol. The maximum atomic E-state index is 13.4. The molecule has 2 unspecified atom stereocenters. The van der Waals surface area contributed by atoms with Crippen LogP contribution in [0.15, 0.2) is 42.5 Å². The van der Waals surface area contributed by atoms with Crippen LogP contribution >= 0.6 is 12.4 Å². The summed E-state index contributed by atoms with van der Waals surface area (Å²) in [6.07, 6.45) is 5.05. The van der Waals surface area contributed by atoms with Crippen molar-refractivity contribution in [3.8, 4) is 0 Å². The number of hydrogen-bond acceptors (Lipinski definition) is 5. The summed E-state index contributed by atoms with van der Waals surface area (Å²) >= 11 is 0. The van der Waals surface area contributed by atoms with Crippen molar-refractivity contribution in [2.75, 3.05) is 32.8 Å². The van der Waals surface area contributed by atoms with Crippen molar-refractivity contribution in [1.29, 1.82) is 0 Å². The van der Waals surface area contributed by atoms with Gasteiger partial charge in [0, 0.05) is 38.1 Å². The summed E-state index contributed by atoms with van der Waals surface area (Å²) in [6, 6.07) is 12.9. The zero-order chi connectivity index (χ0) is 27.8. The quantitative estimate of drug-likeness (QED) is 0.357. The van der Waals surface area contributed by atoms with Crippen LogP contribution in [0.1, 0.15) is 58.4 Å². The molecule has 2 aliphatic heterocycles. The molecule has 0 aromatic heterocycles. The molecule has 0 radical (unpaired) electrons. The van der Waals surface area contributed by atoms with Gasteiger partial charge in [0.15, 0.2) is 0 Å². The number of carbonyl (C=O) groups excluding carboxylic acids is 3. The van der Waals surface area contributed by atoms with Gasteiger partial charge in [0.25, 0.3) is 0 Å². The summed E-state index contributed by atoms with van der Waals surface area (Å²) < 4.78 is 5.64. The molecular weight excluding hydrogens is 528 g/mol. The molecule has 0 saturated carbocycles. The number of likely N-dealkylation sites (tertiary alicyclic amines) is 1. The van der Waals surface area contributed by atoms with Crippen LogP contribution in [0.2, 0.25) is 0 Å². The van der Waals surface area contributed by atoms with Gasteiger partial charge >= 0.3 is 0 Å². The first-order valence-electron chi connectivity index (χ1n) is 14.4. The fourth-order valence-electron chi connectivity index (χ4n) is 5.41. The lowest BCUT2D eigenvalue weighted by Crippen LogP contribution is -2.55. The first-order valence-corrected chi connectivity index (χ1v) is 14.4. The monoisotopic (exact) mass is 572 g/mol. The zero-order valence-corrected chi connectivity index (χ0v) is 24.9. The van der Waals surface area contributed by atoms with Gasteiger partial charge in [-0.3, -0.25) is 14.4 Å². The van der Waals surface area contributed by atoms with E-state index < -0.39 is 17.5 Å². The zero-order valence-electron chi connectivity index (χ0n) is 24.0. The molecule has 0 spiro atoms. The topological polar surface area (TPSA) is 99.8 Å². The smallest absolute Gasteiger partial charge is 0.243 e. The number of hydrogen-bond donors (Lipinski definition) is 3. The van der Waals surface area contributed by atoms with E-state index in [-0.39, 0.29) is 30.1 Å². The number of benzene rings is 2. The Labute approximate surface area is 244 Å². The Morgan fingerprint density at radius 1 is 1.02 bits per heavy atom. The molecule has 2 aromatic rings. The fraction of sp³-hybridized carbons (Fsp3) is 0.581. The van der Waals surface area contributed by atoms with Gasteiger partial charge in [-0.1, -0.05) is 63.2 Å². The molecule has 2 heterocycles. The first kappa shape index (κ1) is 31.8. The standard InChI is InChI=1S/C31H44N4O4.ClH/c1-31(2,3)30(38)35-17-6-12-27(35)29(37)34-26(20-22-13-14-23-9-4-5-10-24(23)19-22)28(36)33-16-8-15-32-21-25-11-7-18-39-25;/h4-5,9-10,13-14,19,25-27,32H,6-8,11-12,15-18,20-21H2,1-3H3,(H,33,36)(H,34,37);1H/t25?,26-,27?;/m1./s1. The lowest BCUT2D eigenvalue weighted by atomic mass is 9.94. The van der Waals surface area contributed by atoms with Gasteiger partial charge in [-0.25, -0.2) is 0 Å². The van der Waals surface area contributed by atoms with Gasteiger partial charge in [0.1, 0.15) is 12.1 Å². The van der Waals surface area contributed by atoms with Crippen molar-refractivity contribution in [3.05, 3.63) is 48.0 Å². The van der Waals surface area contributed by atoms with Crippen molar-refractivity contribution in [1.82, 2.24) is 20.9 Å². The number of nitrogens with zero attached hydrogens (tertiary/aromatic N) is 1. The molecule has 2 saturated heterocycles. The second-order valence-electron chi connectivity index (χ2n) is 11.8. The van der Waals surface area contributed by atoms with E-state index in [2.05, 4.69) is 28.1 Å². The molecule has 0 aliphatic carbocycles. The SMILES string of the molecule is CC(C)(C)C(=O)N1CCCC1C(=O)N[C@H](Cc1ccc2ccccc2c1)C(=O)NCCCNCC1CCCO1.Cl. The van der Waals surface area contributed by atoms with Gasteiger partial charge in [0.05, 0.1) is 6.10 Å². The third-order valence-corrected chi connectivity index (χ3v) is 7.57. The number of halogens is 1. The minimum Gasteiger partial charge on any atom is -0.377 e. The van der Waals surface area contributed by atoms with Crippen LogP contribution in [-0.2, 0) is 25.5 Å². The van der Waals surface area contributed by atoms with Crippen molar-refractivity contribution >= 4 is 40.9 Å². The summed E-state index contributed by atoms with van der Waals surface area (Å²) in [5, 5.41) is 11.6. The Balaban J connectivity index is 0.00000441. The van der Waals surface area contributed by atoms with Gasteiger partial charge in [-0.05, 0) is 55.0 Å². The third kappa shape index (κ3) is 8.66. The van der Waals surface area contributed by atoms with Gasteiger partial charge in [0.2, 0.25) is 17.7 Å². The van der Waals surface area contributed by atoms with Crippen LogP contribution in [0.25, 0.3) is 10.8 Å². The second kappa shape index (κ2) is 14.8. The lowest BCUT2D eigenvalue weighted by molar-refractivity contribution is -0.145. The lowest BCUT2D eigenvalue weighted by Gasteiger charge is -2.31. The van der Waals surface area contributed by atoms with Crippen molar-refractivity contribution in [2.45, 2.75) is 77.5 Å². The highest BCUT2D eigenvalue weighted by Gasteiger charge is 2.39. The summed E-state index contributed by atoms with van der Waals surface area (Å²) in [5.41, 5.74) is 0.407. The van der Waals surface area contributed by atoms with Gasteiger partial charge in [-0.15, -0.1) is 12.4 Å². The number of fused-ring (bicyclic) bond motifs is 1. The molecule has 3 atom stereocenters.